The summed E-state index contributed by atoms with van der Waals surface area (Å²) in [6.45, 7) is 4.70. The van der Waals surface area contributed by atoms with Crippen molar-refractivity contribution < 1.29 is 31.6 Å². The summed E-state index contributed by atoms with van der Waals surface area (Å²) in [7, 11) is 0. The molecule has 4 saturated heterocycles. The molecule has 0 saturated carbocycles. The molecule has 0 spiro atoms. The van der Waals surface area contributed by atoms with Gasteiger partial charge in [-0.2, -0.15) is 0 Å². The Morgan fingerprint density at radius 2 is 1.92 bits per heavy atom. The number of nitrogens with two attached hydrogens (primary N) is 1. The smallest absolute Gasteiger partial charge is 0.352 e. The van der Waals surface area contributed by atoms with Crippen LogP contribution in [0.25, 0.3) is 0 Å². The number of carbonyl (C=O) groups excluding carboxylic acids is 1. The molecule has 3 N–H and O–H groups in total. The molecule has 6 nitrogen and oxygen atoms in total. The van der Waals surface area contributed by atoms with Crippen LogP contribution in [0.4, 0.5) is 0 Å². The van der Waals surface area contributed by atoms with Crippen molar-refractivity contribution in [1.82, 2.24) is 4.90 Å². The van der Waals surface area contributed by atoms with Gasteiger partial charge in [-0.05, 0) is 36.8 Å². The van der Waals surface area contributed by atoms with Gasteiger partial charge in [0.05, 0.1) is 26.2 Å². The molecule has 1 amide bonds. The molecule has 0 unspecified atom stereocenters. The van der Waals surface area contributed by atoms with E-state index in [9.17, 15) is 14.7 Å². The summed E-state index contributed by atoms with van der Waals surface area (Å²) >= 11 is 1.56. The molecule has 0 aromatic rings. The van der Waals surface area contributed by atoms with E-state index in [4.69, 9.17) is 5.73 Å². The number of thioether (sulfide) groups is 1. The van der Waals surface area contributed by atoms with Crippen molar-refractivity contribution in [3.8, 4) is 0 Å². The fourth-order valence-electron chi connectivity index (χ4n) is 4.50. The first-order valence-corrected chi connectivity index (χ1v) is 9.74. The van der Waals surface area contributed by atoms with Crippen LogP contribution in [0.3, 0.4) is 0 Å². The summed E-state index contributed by atoms with van der Waals surface area (Å²) in [5, 5.41) is 9.33. The zero-order valence-electron chi connectivity index (χ0n) is 14.5. The first-order valence-electron chi connectivity index (χ1n) is 8.69. The second-order valence-electron chi connectivity index (χ2n) is 7.44. The predicted molar refractivity (Wildman–Crippen MR) is 99.2 cm³/mol. The van der Waals surface area contributed by atoms with Crippen LogP contribution in [0.5, 0.6) is 0 Å². The SMILES string of the molecule is Cl.N[C@@H]1C(=O)N2C(C(=O)O)=C(C=CC[N+]34CCC(CC3)CC4)CS[C@H]12.[Cl-]. The Morgan fingerprint density at radius 3 is 2.50 bits per heavy atom. The highest BCUT2D eigenvalue weighted by molar-refractivity contribution is 8.00. The third kappa shape index (κ3) is 3.52. The molecule has 0 radical (unpaired) electrons. The molecule has 2 bridgehead atoms. The molecule has 4 fully saturated rings. The maximum Gasteiger partial charge on any atom is 0.352 e. The van der Waals surface area contributed by atoms with Crippen LogP contribution in [0.2, 0.25) is 0 Å². The molecule has 0 aliphatic carbocycles. The average Bonchev–Trinajstić information content (AvgIpc) is 2.61. The Kier molecular flexibility index (Phi) is 6.72. The summed E-state index contributed by atoms with van der Waals surface area (Å²) in [5.74, 6) is 0.215. The number of hydrogen-bond donors (Lipinski definition) is 2. The van der Waals surface area contributed by atoms with E-state index in [1.165, 1.54) is 43.8 Å². The molecule has 5 aliphatic heterocycles. The maximum absolute atomic E-state index is 11.9. The van der Waals surface area contributed by atoms with Crippen molar-refractivity contribution in [2.24, 2.45) is 11.7 Å². The fourth-order valence-corrected chi connectivity index (χ4v) is 5.76. The lowest BCUT2D eigenvalue weighted by Gasteiger charge is -2.49. The Labute approximate surface area is 170 Å². The van der Waals surface area contributed by atoms with Crippen molar-refractivity contribution in [2.45, 2.75) is 30.7 Å². The molecule has 5 aliphatic rings. The summed E-state index contributed by atoms with van der Waals surface area (Å²) < 4.78 is 1.14. The minimum atomic E-state index is -1.04. The number of rotatable bonds is 4. The number of amides is 1. The summed E-state index contributed by atoms with van der Waals surface area (Å²) in [5.41, 5.74) is 6.63. The van der Waals surface area contributed by atoms with E-state index in [0.29, 0.717) is 5.75 Å². The molecule has 5 heterocycles. The fraction of sp³-hybridized carbons (Fsp3) is 0.647. The molecular formula is C17H25Cl2N3O3S. The monoisotopic (exact) mass is 421 g/mol. The number of β-lactam (4-membered cyclic amide) rings is 1. The predicted octanol–water partition coefficient (Wildman–Crippen LogP) is -1.82. The minimum absolute atomic E-state index is 0. The van der Waals surface area contributed by atoms with Gasteiger partial charge >= 0.3 is 5.97 Å². The number of carboxylic acids is 1. The van der Waals surface area contributed by atoms with Crippen molar-refractivity contribution in [2.75, 3.05) is 31.9 Å². The molecule has 146 valence electrons. The van der Waals surface area contributed by atoms with Crippen LogP contribution in [-0.2, 0) is 9.59 Å². The lowest BCUT2D eigenvalue weighted by Crippen LogP contribution is -3.00. The van der Waals surface area contributed by atoms with Crippen LogP contribution in [0.1, 0.15) is 19.3 Å². The van der Waals surface area contributed by atoms with Crippen molar-refractivity contribution in [3.63, 3.8) is 0 Å². The van der Waals surface area contributed by atoms with Gasteiger partial charge in [0.2, 0.25) is 5.91 Å². The van der Waals surface area contributed by atoms with Gasteiger partial charge in [-0.1, -0.05) is 6.08 Å². The van der Waals surface area contributed by atoms with Crippen molar-refractivity contribution in [3.05, 3.63) is 23.4 Å². The Hall–Kier alpha value is -0.730. The highest BCUT2D eigenvalue weighted by atomic mass is 35.5. The van der Waals surface area contributed by atoms with E-state index < -0.39 is 12.0 Å². The lowest BCUT2D eigenvalue weighted by atomic mass is 9.86. The first kappa shape index (κ1) is 21.6. The zero-order chi connectivity index (χ0) is 16.9. The van der Waals surface area contributed by atoms with Gasteiger partial charge in [-0.25, -0.2) is 4.79 Å². The van der Waals surface area contributed by atoms with Crippen LogP contribution >= 0.6 is 24.2 Å². The Bertz CT molecular complexity index is 633. The number of fused-ring (bicyclic) bond motifs is 4. The van der Waals surface area contributed by atoms with E-state index in [0.717, 1.165) is 22.5 Å². The number of piperidine rings is 3. The molecule has 0 aromatic carbocycles. The molecule has 5 rings (SSSR count). The first-order chi connectivity index (χ1) is 11.5. The lowest BCUT2D eigenvalue weighted by molar-refractivity contribution is -0.937. The maximum atomic E-state index is 11.9. The molecule has 0 aromatic heterocycles. The van der Waals surface area contributed by atoms with Crippen molar-refractivity contribution >= 4 is 36.0 Å². The minimum Gasteiger partial charge on any atom is -1.00 e. The van der Waals surface area contributed by atoms with Gasteiger partial charge in [-0.3, -0.25) is 9.69 Å². The van der Waals surface area contributed by atoms with Gasteiger partial charge in [0.15, 0.2) is 0 Å². The Morgan fingerprint density at radius 1 is 1.31 bits per heavy atom. The number of halogens is 2. The Balaban J connectivity index is 0.00000121. The van der Waals surface area contributed by atoms with Crippen LogP contribution in [0.15, 0.2) is 23.4 Å². The summed E-state index contributed by atoms with van der Waals surface area (Å²) in [4.78, 5) is 25.0. The zero-order valence-corrected chi connectivity index (χ0v) is 16.9. The van der Waals surface area contributed by atoms with Crippen LogP contribution < -0.4 is 18.1 Å². The quantitative estimate of drug-likeness (QED) is 0.412. The highest BCUT2D eigenvalue weighted by Crippen LogP contribution is 2.40. The number of carbonyl (C=O) groups is 2. The summed E-state index contributed by atoms with van der Waals surface area (Å²) in [6.07, 6.45) is 8.03. The second-order valence-corrected chi connectivity index (χ2v) is 8.55. The number of quaternary nitrogens is 1. The molecule has 9 heteroatoms. The van der Waals surface area contributed by atoms with Crippen LogP contribution in [0, 0.1) is 5.92 Å². The van der Waals surface area contributed by atoms with E-state index >= 15 is 0 Å². The van der Waals surface area contributed by atoms with Gasteiger partial charge in [0.1, 0.15) is 17.1 Å². The summed E-state index contributed by atoms with van der Waals surface area (Å²) in [6, 6.07) is -0.567. The van der Waals surface area contributed by atoms with E-state index in [1.54, 1.807) is 11.8 Å². The van der Waals surface area contributed by atoms with Gasteiger partial charge < -0.3 is 27.7 Å². The third-order valence-electron chi connectivity index (χ3n) is 6.09. The number of nitrogens with zero attached hydrogens (tertiary/aromatic N) is 2. The topological polar surface area (TPSA) is 83.6 Å². The van der Waals surface area contributed by atoms with Gasteiger partial charge in [0.25, 0.3) is 0 Å². The van der Waals surface area contributed by atoms with E-state index in [2.05, 4.69) is 6.08 Å². The van der Waals surface area contributed by atoms with E-state index in [1.807, 2.05) is 6.08 Å². The number of aliphatic carboxylic acids is 1. The average molecular weight is 422 g/mol. The molecule has 2 atom stereocenters. The van der Waals surface area contributed by atoms with Gasteiger partial charge in [0, 0.05) is 5.75 Å². The molecular weight excluding hydrogens is 397 g/mol. The second kappa shape index (κ2) is 8.10. The highest BCUT2D eigenvalue weighted by Gasteiger charge is 2.51. The van der Waals surface area contributed by atoms with Gasteiger partial charge in [-0.15, -0.1) is 24.2 Å². The number of hydrogen-bond acceptors (Lipinski definition) is 4. The van der Waals surface area contributed by atoms with E-state index in [-0.39, 0.29) is 41.8 Å². The largest absolute Gasteiger partial charge is 1.00 e. The number of allylic oxidation sites excluding steroid dienone is 1. The third-order valence-corrected chi connectivity index (χ3v) is 7.41. The van der Waals surface area contributed by atoms with Crippen molar-refractivity contribution in [1.29, 1.82) is 0 Å². The number of carboxylic acid groups (broad SMARTS) is 1. The standard InChI is InChI=1S/C17H23N3O3S.2ClH/c18-13-15(21)19-14(17(22)23)12(10-24-16(13)19)2-1-6-20-7-3-11(4-8-20)5-9-20;;/h1-2,11,13,16H,3-10,18H2;2*1H/t11?,13-,16-,20?;;/m1../s1. The normalized spacial score (nSPS) is 35.5. The molecule has 26 heavy (non-hydrogen) atoms. The van der Waals surface area contributed by atoms with Crippen LogP contribution in [-0.4, -0.2) is 69.7 Å².